The molecule has 2 heterocycles. The van der Waals surface area contributed by atoms with E-state index in [0.717, 1.165) is 11.1 Å². The van der Waals surface area contributed by atoms with Crippen LogP contribution in [0.4, 0.5) is 4.79 Å². The number of β-lactam (4-membered cyclic amide) rings is 1. The summed E-state index contributed by atoms with van der Waals surface area (Å²) < 4.78 is 10.8. The SMILES string of the molecule is C=CCOC(=O)NC1C(=O)N2C(C(=O)OC(c3ccccc3)c3ccccc3)=C(CO)CS[C@H]12. The molecule has 1 saturated heterocycles. The number of thioether (sulfide) groups is 1. The van der Waals surface area contributed by atoms with Gasteiger partial charge < -0.3 is 19.9 Å². The van der Waals surface area contributed by atoms with Crippen LogP contribution in [-0.2, 0) is 19.1 Å². The minimum atomic E-state index is -0.843. The first-order valence-corrected chi connectivity index (χ1v) is 11.7. The van der Waals surface area contributed by atoms with Gasteiger partial charge in [0.05, 0.1) is 6.61 Å². The summed E-state index contributed by atoms with van der Waals surface area (Å²) in [6, 6.07) is 17.7. The molecule has 0 spiro atoms. The first kappa shape index (κ1) is 23.6. The molecular weight excluding hydrogens is 456 g/mol. The standard InChI is InChI=1S/C25H24N2O6S/c1-2-13-32-25(31)26-19-22(29)27-20(18(14-28)15-34-23(19)27)24(30)33-21(16-9-5-3-6-10-16)17-11-7-4-8-12-17/h2-12,19,21,23,28H,1,13-15H2,(H,26,31)/t19?,23-/m1/s1. The summed E-state index contributed by atoms with van der Waals surface area (Å²) in [5.74, 6) is -0.869. The number of nitrogens with one attached hydrogen (secondary N) is 1. The van der Waals surface area contributed by atoms with E-state index in [0.29, 0.717) is 11.3 Å². The minimum Gasteiger partial charge on any atom is -0.448 e. The average molecular weight is 481 g/mol. The number of nitrogens with zero attached hydrogens (tertiary/aromatic N) is 1. The maximum Gasteiger partial charge on any atom is 0.408 e. The molecule has 176 valence electrons. The second-order valence-corrected chi connectivity index (χ2v) is 8.74. The van der Waals surface area contributed by atoms with Crippen molar-refractivity contribution in [2.24, 2.45) is 0 Å². The van der Waals surface area contributed by atoms with Crippen LogP contribution >= 0.6 is 11.8 Å². The highest BCUT2D eigenvalue weighted by Gasteiger charge is 2.54. The summed E-state index contributed by atoms with van der Waals surface area (Å²) in [4.78, 5) is 39.5. The lowest BCUT2D eigenvalue weighted by molar-refractivity contribution is -0.153. The molecule has 0 radical (unpaired) electrons. The van der Waals surface area contributed by atoms with Crippen LogP contribution in [-0.4, -0.2) is 58.4 Å². The zero-order valence-corrected chi connectivity index (χ0v) is 19.1. The van der Waals surface area contributed by atoms with Gasteiger partial charge in [-0.2, -0.15) is 0 Å². The van der Waals surface area contributed by atoms with E-state index in [2.05, 4.69) is 11.9 Å². The van der Waals surface area contributed by atoms with E-state index < -0.39 is 42.1 Å². The quantitative estimate of drug-likeness (QED) is 0.340. The molecule has 0 aliphatic carbocycles. The molecule has 2 amide bonds. The van der Waals surface area contributed by atoms with Crippen molar-refractivity contribution < 1.29 is 29.0 Å². The van der Waals surface area contributed by atoms with Crippen molar-refractivity contribution in [2.75, 3.05) is 19.0 Å². The molecule has 0 aromatic heterocycles. The second-order valence-electron chi connectivity index (χ2n) is 7.64. The van der Waals surface area contributed by atoms with Gasteiger partial charge >= 0.3 is 12.1 Å². The zero-order valence-electron chi connectivity index (χ0n) is 18.3. The number of amides is 2. The Kier molecular flexibility index (Phi) is 7.34. The topological polar surface area (TPSA) is 105 Å². The molecule has 8 nitrogen and oxygen atoms in total. The molecule has 2 aromatic rings. The van der Waals surface area contributed by atoms with Gasteiger partial charge in [0.15, 0.2) is 6.10 Å². The maximum absolute atomic E-state index is 13.4. The lowest BCUT2D eigenvalue weighted by atomic mass is 10.0. The summed E-state index contributed by atoms with van der Waals surface area (Å²) in [6.07, 6.45) is -0.0215. The van der Waals surface area contributed by atoms with E-state index >= 15 is 0 Å². The van der Waals surface area contributed by atoms with E-state index in [1.165, 1.54) is 22.7 Å². The summed E-state index contributed by atoms with van der Waals surface area (Å²) in [6.45, 7) is 3.10. The van der Waals surface area contributed by atoms with Crippen LogP contribution in [0.1, 0.15) is 17.2 Å². The number of hydrogen-bond acceptors (Lipinski definition) is 7. The van der Waals surface area contributed by atoms with E-state index in [-0.39, 0.29) is 12.3 Å². The Balaban J connectivity index is 1.57. The molecule has 0 saturated carbocycles. The van der Waals surface area contributed by atoms with Gasteiger partial charge in [0.2, 0.25) is 0 Å². The number of alkyl carbamates (subject to hydrolysis) is 1. The Labute approximate surface area is 201 Å². The number of aliphatic hydroxyl groups excluding tert-OH is 1. The number of rotatable bonds is 8. The van der Waals surface area contributed by atoms with Gasteiger partial charge in [-0.05, 0) is 16.7 Å². The number of aliphatic hydroxyl groups is 1. The van der Waals surface area contributed by atoms with Crippen molar-refractivity contribution >= 4 is 29.7 Å². The van der Waals surface area contributed by atoms with E-state index in [9.17, 15) is 19.5 Å². The van der Waals surface area contributed by atoms with Gasteiger partial charge in [-0.1, -0.05) is 73.3 Å². The monoisotopic (exact) mass is 480 g/mol. The number of carbonyl (C=O) groups is 3. The molecule has 2 aromatic carbocycles. The van der Waals surface area contributed by atoms with Crippen LogP contribution in [0.5, 0.6) is 0 Å². The van der Waals surface area contributed by atoms with E-state index in [4.69, 9.17) is 9.47 Å². The highest BCUT2D eigenvalue weighted by atomic mass is 32.2. The Hall–Kier alpha value is -3.56. The fourth-order valence-electron chi connectivity index (χ4n) is 3.84. The van der Waals surface area contributed by atoms with Gasteiger partial charge in [-0.15, -0.1) is 11.8 Å². The Morgan fingerprint density at radius 2 is 1.76 bits per heavy atom. The third-order valence-corrected chi connectivity index (χ3v) is 6.81. The lowest BCUT2D eigenvalue weighted by Crippen LogP contribution is -2.70. The molecule has 2 aliphatic heterocycles. The van der Waals surface area contributed by atoms with Crippen LogP contribution < -0.4 is 5.32 Å². The van der Waals surface area contributed by atoms with Crippen molar-refractivity contribution in [3.05, 3.63) is 95.7 Å². The van der Waals surface area contributed by atoms with Crippen molar-refractivity contribution in [3.8, 4) is 0 Å². The number of ether oxygens (including phenoxy) is 2. The molecule has 0 bridgehead atoms. The Bertz CT molecular complexity index is 1070. The van der Waals surface area contributed by atoms with Gasteiger partial charge in [-0.3, -0.25) is 9.69 Å². The summed E-state index contributed by atoms with van der Waals surface area (Å²) in [5, 5.41) is 11.9. The van der Waals surface area contributed by atoms with Gasteiger partial charge in [0.1, 0.15) is 23.7 Å². The van der Waals surface area contributed by atoms with Crippen LogP contribution in [0.15, 0.2) is 84.6 Å². The molecule has 2 atom stereocenters. The van der Waals surface area contributed by atoms with E-state index in [1.54, 1.807) is 0 Å². The predicted octanol–water partition coefficient (Wildman–Crippen LogP) is 2.76. The number of carbonyl (C=O) groups excluding carboxylic acids is 3. The van der Waals surface area contributed by atoms with Crippen LogP contribution in [0.25, 0.3) is 0 Å². The highest BCUT2D eigenvalue weighted by Crippen LogP contribution is 2.41. The second kappa shape index (κ2) is 10.6. The number of hydrogen-bond donors (Lipinski definition) is 2. The maximum atomic E-state index is 13.4. The normalized spacial score (nSPS) is 19.2. The van der Waals surface area contributed by atoms with Gasteiger partial charge in [-0.25, -0.2) is 9.59 Å². The number of fused-ring (bicyclic) bond motifs is 1. The van der Waals surface area contributed by atoms with Crippen molar-refractivity contribution in [2.45, 2.75) is 17.5 Å². The van der Waals surface area contributed by atoms with Crippen molar-refractivity contribution in [1.29, 1.82) is 0 Å². The molecule has 1 fully saturated rings. The van der Waals surface area contributed by atoms with Crippen molar-refractivity contribution in [1.82, 2.24) is 10.2 Å². The molecule has 1 unspecified atom stereocenters. The summed E-state index contributed by atoms with van der Waals surface area (Å²) in [5.41, 5.74) is 1.96. The fraction of sp³-hybridized carbons (Fsp3) is 0.240. The van der Waals surface area contributed by atoms with Gasteiger partial charge in [0, 0.05) is 5.75 Å². The molecule has 4 rings (SSSR count). The number of benzene rings is 2. The van der Waals surface area contributed by atoms with Crippen LogP contribution in [0.3, 0.4) is 0 Å². The highest BCUT2D eigenvalue weighted by molar-refractivity contribution is 8.00. The Morgan fingerprint density at radius 1 is 1.15 bits per heavy atom. The largest absolute Gasteiger partial charge is 0.448 e. The van der Waals surface area contributed by atoms with Crippen molar-refractivity contribution in [3.63, 3.8) is 0 Å². The molecule has 2 N–H and O–H groups in total. The molecule has 2 aliphatic rings. The predicted molar refractivity (Wildman–Crippen MR) is 126 cm³/mol. The van der Waals surface area contributed by atoms with Crippen LogP contribution in [0.2, 0.25) is 0 Å². The molecular formula is C25H24N2O6S. The average Bonchev–Trinajstić information content (AvgIpc) is 2.89. The third-order valence-electron chi connectivity index (χ3n) is 5.47. The summed E-state index contributed by atoms with van der Waals surface area (Å²) in [7, 11) is 0. The first-order valence-electron chi connectivity index (χ1n) is 10.7. The fourth-order valence-corrected chi connectivity index (χ4v) is 5.18. The smallest absolute Gasteiger partial charge is 0.408 e. The molecule has 9 heteroatoms. The lowest BCUT2D eigenvalue weighted by Gasteiger charge is -2.49. The van der Waals surface area contributed by atoms with Gasteiger partial charge in [0.25, 0.3) is 5.91 Å². The number of esters is 1. The van der Waals surface area contributed by atoms with Crippen LogP contribution in [0, 0.1) is 0 Å². The minimum absolute atomic E-state index is 0.0147. The Morgan fingerprint density at radius 3 is 2.32 bits per heavy atom. The first-order chi connectivity index (χ1) is 16.5. The zero-order chi connectivity index (χ0) is 24.1. The summed E-state index contributed by atoms with van der Waals surface area (Å²) >= 11 is 1.35. The van der Waals surface area contributed by atoms with E-state index in [1.807, 2.05) is 60.7 Å². The third kappa shape index (κ3) is 4.71. The molecule has 34 heavy (non-hydrogen) atoms.